The normalized spacial score (nSPS) is 20.5. The van der Waals surface area contributed by atoms with Crippen molar-refractivity contribution in [3.05, 3.63) is 17.3 Å². The molecular weight excluding hydrogens is 240 g/mol. The molecule has 0 bridgehead atoms. The Bertz CT molecular complexity index is 437. The number of hydrogen-bond donors (Lipinski definition) is 2. The zero-order valence-corrected chi connectivity index (χ0v) is 10.4. The maximum atomic E-state index is 11.3. The molecule has 92 valence electrons. The molecule has 1 aromatic heterocycles. The monoisotopic (exact) mass is 254 g/mol. The highest BCUT2D eigenvalue weighted by Gasteiger charge is 2.23. The van der Waals surface area contributed by atoms with Gasteiger partial charge in [0, 0.05) is 26.1 Å². The molecule has 0 aliphatic carbocycles. The quantitative estimate of drug-likeness (QED) is 0.836. The fraction of sp³-hybridized carbons (Fsp3) is 0.455. The molecule has 1 amide bonds. The first-order valence-electron chi connectivity index (χ1n) is 5.48. The molecule has 1 aromatic rings. The minimum atomic E-state index is 0.180. The van der Waals surface area contributed by atoms with Gasteiger partial charge in [-0.3, -0.25) is 4.79 Å². The molecule has 0 radical (unpaired) electrons. The predicted molar refractivity (Wildman–Crippen MR) is 67.9 cm³/mol. The van der Waals surface area contributed by atoms with Crippen molar-refractivity contribution in [3.63, 3.8) is 0 Å². The van der Waals surface area contributed by atoms with Crippen molar-refractivity contribution in [3.8, 4) is 0 Å². The van der Waals surface area contributed by atoms with Gasteiger partial charge in [-0.25, -0.2) is 4.98 Å². The Balaban J connectivity index is 2.03. The average Bonchev–Trinajstić information content (AvgIpc) is 2.27. The first kappa shape index (κ1) is 12.0. The van der Waals surface area contributed by atoms with Crippen molar-refractivity contribution in [2.24, 2.45) is 0 Å². The van der Waals surface area contributed by atoms with Crippen LogP contribution in [0.25, 0.3) is 0 Å². The minimum Gasteiger partial charge on any atom is -0.397 e. The number of rotatable bonds is 2. The number of halogens is 1. The number of likely N-dealkylation sites (tertiary alicyclic amines) is 1. The molecular formula is C11H15ClN4O. The van der Waals surface area contributed by atoms with Crippen molar-refractivity contribution < 1.29 is 4.79 Å². The van der Waals surface area contributed by atoms with Crippen LogP contribution in [0.1, 0.15) is 12.8 Å². The van der Waals surface area contributed by atoms with E-state index in [1.807, 2.05) is 0 Å². The van der Waals surface area contributed by atoms with Crippen LogP contribution in [0.2, 0.25) is 5.02 Å². The lowest BCUT2D eigenvalue weighted by Gasteiger charge is -2.30. The van der Waals surface area contributed by atoms with E-state index >= 15 is 0 Å². The Kier molecular flexibility index (Phi) is 3.38. The third-order valence-corrected chi connectivity index (χ3v) is 3.12. The van der Waals surface area contributed by atoms with Crippen LogP contribution in [0, 0.1) is 0 Å². The smallest absolute Gasteiger partial charge is 0.222 e. The Morgan fingerprint density at radius 2 is 2.41 bits per heavy atom. The van der Waals surface area contributed by atoms with E-state index in [0.717, 1.165) is 6.42 Å². The molecule has 1 aliphatic rings. The highest BCUT2D eigenvalue weighted by molar-refractivity contribution is 6.33. The van der Waals surface area contributed by atoms with E-state index in [-0.39, 0.29) is 11.9 Å². The maximum absolute atomic E-state index is 11.3. The number of pyridine rings is 1. The number of amides is 1. The Hall–Kier alpha value is -1.49. The van der Waals surface area contributed by atoms with Crippen molar-refractivity contribution in [1.29, 1.82) is 0 Å². The Morgan fingerprint density at radius 3 is 3.06 bits per heavy atom. The molecule has 1 aliphatic heterocycles. The van der Waals surface area contributed by atoms with Crippen LogP contribution in [-0.2, 0) is 4.79 Å². The maximum Gasteiger partial charge on any atom is 0.222 e. The van der Waals surface area contributed by atoms with E-state index < -0.39 is 0 Å². The van der Waals surface area contributed by atoms with Gasteiger partial charge in [0.15, 0.2) is 0 Å². The summed E-state index contributed by atoms with van der Waals surface area (Å²) in [6, 6.07) is 1.85. The highest BCUT2D eigenvalue weighted by Crippen LogP contribution is 2.23. The predicted octanol–water partition coefficient (Wildman–Crippen LogP) is 1.35. The summed E-state index contributed by atoms with van der Waals surface area (Å²) in [7, 11) is 1.80. The molecule has 2 rings (SSSR count). The number of nitrogens with two attached hydrogens (primary N) is 1. The molecule has 0 spiro atoms. The second-order valence-electron chi connectivity index (χ2n) is 4.25. The van der Waals surface area contributed by atoms with Gasteiger partial charge in [-0.2, -0.15) is 0 Å². The number of likely N-dealkylation sites (N-methyl/N-ethyl adjacent to an activating group) is 1. The van der Waals surface area contributed by atoms with Crippen LogP contribution in [0.4, 0.5) is 11.5 Å². The van der Waals surface area contributed by atoms with Gasteiger partial charge in [-0.05, 0) is 12.5 Å². The highest BCUT2D eigenvalue weighted by atomic mass is 35.5. The summed E-state index contributed by atoms with van der Waals surface area (Å²) in [4.78, 5) is 17.2. The molecule has 1 atom stereocenters. The van der Waals surface area contributed by atoms with Crippen molar-refractivity contribution in [2.75, 3.05) is 24.6 Å². The summed E-state index contributed by atoms with van der Waals surface area (Å²) in [6.07, 6.45) is 2.91. The number of carbonyl (C=O) groups is 1. The van der Waals surface area contributed by atoms with Gasteiger partial charge < -0.3 is 16.0 Å². The van der Waals surface area contributed by atoms with Crippen LogP contribution in [-0.4, -0.2) is 35.4 Å². The number of piperidine rings is 1. The second-order valence-corrected chi connectivity index (χ2v) is 4.66. The summed E-state index contributed by atoms with van der Waals surface area (Å²) in [5.74, 6) is 0.799. The molecule has 2 heterocycles. The van der Waals surface area contributed by atoms with Crippen LogP contribution >= 0.6 is 11.6 Å². The lowest BCUT2D eigenvalue weighted by molar-refractivity contribution is -0.132. The molecule has 17 heavy (non-hydrogen) atoms. The van der Waals surface area contributed by atoms with E-state index in [4.69, 9.17) is 17.3 Å². The van der Waals surface area contributed by atoms with Crippen molar-refractivity contribution >= 4 is 29.0 Å². The molecule has 1 fully saturated rings. The van der Waals surface area contributed by atoms with Gasteiger partial charge in [-0.15, -0.1) is 0 Å². The van der Waals surface area contributed by atoms with Crippen molar-refractivity contribution in [1.82, 2.24) is 9.88 Å². The third kappa shape index (κ3) is 2.79. The summed E-state index contributed by atoms with van der Waals surface area (Å²) in [6.45, 7) is 0.668. The van der Waals surface area contributed by atoms with Gasteiger partial charge in [0.25, 0.3) is 0 Å². The third-order valence-electron chi connectivity index (χ3n) is 2.83. The lowest BCUT2D eigenvalue weighted by atomic mass is 10.1. The summed E-state index contributed by atoms with van der Waals surface area (Å²) >= 11 is 6.03. The van der Waals surface area contributed by atoms with Gasteiger partial charge in [0.1, 0.15) is 5.82 Å². The number of aromatic nitrogens is 1. The van der Waals surface area contributed by atoms with Crippen LogP contribution in [0.15, 0.2) is 12.3 Å². The molecule has 1 saturated heterocycles. The summed E-state index contributed by atoms with van der Waals surface area (Å²) in [5, 5.41) is 3.74. The SMILES string of the molecule is CN1CC(Nc2ncc(N)cc2Cl)CCC1=O. The fourth-order valence-electron chi connectivity index (χ4n) is 1.88. The number of nitrogens with zero attached hydrogens (tertiary/aromatic N) is 2. The van der Waals surface area contributed by atoms with Crippen molar-refractivity contribution in [2.45, 2.75) is 18.9 Å². The average molecular weight is 255 g/mol. The summed E-state index contributed by atoms with van der Waals surface area (Å²) < 4.78 is 0. The number of nitrogen functional groups attached to an aromatic ring is 1. The topological polar surface area (TPSA) is 71.2 Å². The van der Waals surface area contributed by atoms with Gasteiger partial charge in [0.2, 0.25) is 5.91 Å². The zero-order valence-electron chi connectivity index (χ0n) is 9.61. The Labute approximate surface area is 105 Å². The van der Waals surface area contributed by atoms with E-state index in [9.17, 15) is 4.79 Å². The first-order chi connectivity index (χ1) is 8.06. The number of anilines is 2. The van der Waals surface area contributed by atoms with Crippen LogP contribution < -0.4 is 11.1 Å². The fourth-order valence-corrected chi connectivity index (χ4v) is 2.11. The first-order valence-corrected chi connectivity index (χ1v) is 5.85. The van der Waals surface area contributed by atoms with Crippen LogP contribution in [0.5, 0.6) is 0 Å². The van der Waals surface area contributed by atoms with E-state index in [1.54, 1.807) is 24.2 Å². The minimum absolute atomic E-state index is 0.180. The van der Waals surface area contributed by atoms with Gasteiger partial charge in [-0.1, -0.05) is 11.6 Å². The van der Waals surface area contributed by atoms with Gasteiger partial charge in [0.05, 0.1) is 16.9 Å². The number of carbonyl (C=O) groups excluding carboxylic acids is 1. The second kappa shape index (κ2) is 4.79. The zero-order chi connectivity index (χ0) is 12.4. The van der Waals surface area contributed by atoms with E-state index in [0.29, 0.717) is 29.5 Å². The molecule has 0 saturated carbocycles. The molecule has 3 N–H and O–H groups in total. The standard InChI is InChI=1S/C11H15ClN4O/c1-16-6-8(2-3-10(16)17)15-11-9(12)4-7(13)5-14-11/h4-5,8H,2-3,6,13H2,1H3,(H,14,15). The molecule has 6 heteroatoms. The van der Waals surface area contributed by atoms with Crippen LogP contribution in [0.3, 0.4) is 0 Å². The molecule has 1 unspecified atom stereocenters. The van der Waals surface area contributed by atoms with Gasteiger partial charge >= 0.3 is 0 Å². The summed E-state index contributed by atoms with van der Waals surface area (Å²) in [5.41, 5.74) is 6.11. The van der Waals surface area contributed by atoms with E-state index in [1.165, 1.54) is 0 Å². The molecule has 0 aromatic carbocycles. The number of hydrogen-bond acceptors (Lipinski definition) is 4. The molecule has 5 nitrogen and oxygen atoms in total. The largest absolute Gasteiger partial charge is 0.397 e. The lowest BCUT2D eigenvalue weighted by Crippen LogP contribution is -2.43. The Morgan fingerprint density at radius 1 is 1.65 bits per heavy atom. The van der Waals surface area contributed by atoms with E-state index in [2.05, 4.69) is 10.3 Å². The number of nitrogens with one attached hydrogen (secondary N) is 1.